The van der Waals surface area contributed by atoms with Crippen LogP contribution in [0.4, 0.5) is 13.2 Å². The van der Waals surface area contributed by atoms with Gasteiger partial charge in [0.25, 0.3) is 0 Å². The predicted molar refractivity (Wildman–Crippen MR) is 43.1 cm³/mol. The Bertz CT molecular complexity index is 220. The van der Waals surface area contributed by atoms with Crippen LogP contribution < -0.4 is 5.73 Å². The molecule has 0 rings (SSSR count). The molecule has 0 heterocycles. The van der Waals surface area contributed by atoms with Gasteiger partial charge in [-0.2, -0.15) is 0 Å². The number of hydrogen-bond acceptors (Lipinski definition) is 3. The first-order valence-corrected chi connectivity index (χ1v) is 3.54. The zero-order valence-electron chi connectivity index (χ0n) is 7.35. The average molecular weight is 196 g/mol. The monoisotopic (exact) mass is 196 g/mol. The van der Waals surface area contributed by atoms with Crippen molar-refractivity contribution >= 4 is 5.71 Å². The highest BCUT2D eigenvalue weighted by Gasteiger charge is 2.32. The van der Waals surface area contributed by atoms with Crippen molar-refractivity contribution in [2.75, 3.05) is 6.67 Å². The Hall–Kier alpha value is -1.04. The minimum atomic E-state index is -4.69. The molecule has 0 saturated carbocycles. The molecular formula is C7H11F3N2O. The average Bonchev–Trinajstić information content (AvgIpc) is 1.99. The lowest BCUT2D eigenvalue weighted by molar-refractivity contribution is -0.302. The van der Waals surface area contributed by atoms with E-state index in [2.05, 4.69) is 9.73 Å². The van der Waals surface area contributed by atoms with Gasteiger partial charge >= 0.3 is 6.36 Å². The van der Waals surface area contributed by atoms with Gasteiger partial charge in [-0.05, 0) is 19.9 Å². The minimum absolute atomic E-state index is 0.0651. The molecule has 0 aliphatic rings. The molecule has 0 saturated heterocycles. The molecule has 3 nitrogen and oxygen atoms in total. The predicted octanol–water partition coefficient (Wildman–Crippen LogP) is 1.80. The molecule has 0 aromatic heterocycles. The normalized spacial score (nSPS) is 14.6. The molecule has 0 radical (unpaired) electrons. The van der Waals surface area contributed by atoms with Gasteiger partial charge in [-0.25, -0.2) is 0 Å². The van der Waals surface area contributed by atoms with E-state index in [0.717, 1.165) is 0 Å². The zero-order chi connectivity index (χ0) is 10.5. The Balaban J connectivity index is 4.47. The van der Waals surface area contributed by atoms with Crippen molar-refractivity contribution in [3.63, 3.8) is 0 Å². The van der Waals surface area contributed by atoms with Gasteiger partial charge in [-0.1, -0.05) is 0 Å². The summed E-state index contributed by atoms with van der Waals surface area (Å²) in [6.45, 7) is 2.76. The molecule has 0 atom stereocenters. The van der Waals surface area contributed by atoms with Crippen LogP contribution in [0.25, 0.3) is 0 Å². The largest absolute Gasteiger partial charge is 0.573 e. The molecule has 0 aliphatic heterocycles. The topological polar surface area (TPSA) is 47.6 Å². The first kappa shape index (κ1) is 12.0. The summed E-state index contributed by atoms with van der Waals surface area (Å²) in [4.78, 5) is 3.58. The highest BCUT2D eigenvalue weighted by atomic mass is 19.4. The highest BCUT2D eigenvalue weighted by Crippen LogP contribution is 2.21. The molecule has 13 heavy (non-hydrogen) atoms. The maximum atomic E-state index is 11.7. The van der Waals surface area contributed by atoms with Crippen LogP contribution in [0, 0.1) is 0 Å². The van der Waals surface area contributed by atoms with Gasteiger partial charge in [0.05, 0.1) is 12.4 Å². The number of alkyl halides is 3. The summed E-state index contributed by atoms with van der Waals surface area (Å²) in [5.74, 6) is -0.321. The van der Waals surface area contributed by atoms with Crippen LogP contribution in [-0.4, -0.2) is 18.7 Å². The summed E-state index contributed by atoms with van der Waals surface area (Å²) in [6, 6.07) is 0. The number of ether oxygens (including phenoxy) is 1. The third-order valence-electron chi connectivity index (χ3n) is 1.17. The molecule has 76 valence electrons. The van der Waals surface area contributed by atoms with E-state index in [1.807, 2.05) is 0 Å². The molecule has 0 aliphatic carbocycles. The summed E-state index contributed by atoms with van der Waals surface area (Å²) in [6.07, 6.45) is -3.50. The van der Waals surface area contributed by atoms with Crippen LogP contribution in [0.15, 0.2) is 16.8 Å². The summed E-state index contributed by atoms with van der Waals surface area (Å²) >= 11 is 0. The highest BCUT2D eigenvalue weighted by molar-refractivity contribution is 5.96. The van der Waals surface area contributed by atoms with Crippen molar-refractivity contribution in [1.82, 2.24) is 0 Å². The second-order valence-electron chi connectivity index (χ2n) is 2.13. The molecule has 0 fully saturated rings. The number of aliphatic imine (C=N–C) groups is 1. The fourth-order valence-electron chi connectivity index (χ4n) is 0.681. The van der Waals surface area contributed by atoms with Crippen molar-refractivity contribution in [2.45, 2.75) is 20.2 Å². The van der Waals surface area contributed by atoms with E-state index in [0.29, 0.717) is 0 Å². The van der Waals surface area contributed by atoms with E-state index in [1.54, 1.807) is 0 Å². The quantitative estimate of drug-likeness (QED) is 0.552. The lowest BCUT2D eigenvalue weighted by atomic mass is 10.3. The Labute approximate surface area is 74.1 Å². The van der Waals surface area contributed by atoms with Crippen LogP contribution in [0.5, 0.6) is 0 Å². The van der Waals surface area contributed by atoms with E-state index in [4.69, 9.17) is 5.73 Å². The van der Waals surface area contributed by atoms with Crippen molar-refractivity contribution in [3.8, 4) is 0 Å². The molecule has 0 spiro atoms. The number of allylic oxidation sites excluding steroid dienone is 2. The molecule has 0 amide bonds. The van der Waals surface area contributed by atoms with Gasteiger partial charge in [-0.3, -0.25) is 4.99 Å². The van der Waals surface area contributed by atoms with E-state index < -0.39 is 6.36 Å². The Morgan fingerprint density at radius 3 is 2.38 bits per heavy atom. The number of nitrogens with zero attached hydrogens (tertiary/aromatic N) is 1. The summed E-state index contributed by atoms with van der Waals surface area (Å²) in [5.41, 5.74) is 5.16. The lowest BCUT2D eigenvalue weighted by Gasteiger charge is -2.11. The van der Waals surface area contributed by atoms with E-state index in [1.165, 1.54) is 19.9 Å². The van der Waals surface area contributed by atoms with Gasteiger partial charge in [0.2, 0.25) is 0 Å². The van der Waals surface area contributed by atoms with E-state index in [-0.39, 0.29) is 18.1 Å². The molecule has 2 N–H and O–H groups in total. The third-order valence-corrected chi connectivity index (χ3v) is 1.17. The molecule has 6 heteroatoms. The zero-order valence-corrected chi connectivity index (χ0v) is 7.35. The second-order valence-corrected chi connectivity index (χ2v) is 2.13. The maximum absolute atomic E-state index is 11.7. The Morgan fingerprint density at radius 1 is 1.54 bits per heavy atom. The number of nitrogens with two attached hydrogens (primary N) is 1. The van der Waals surface area contributed by atoms with Crippen LogP contribution in [0.1, 0.15) is 13.8 Å². The van der Waals surface area contributed by atoms with Crippen LogP contribution >= 0.6 is 0 Å². The van der Waals surface area contributed by atoms with E-state index in [9.17, 15) is 13.2 Å². The van der Waals surface area contributed by atoms with Crippen LogP contribution in [-0.2, 0) is 4.74 Å². The van der Waals surface area contributed by atoms with Crippen molar-refractivity contribution < 1.29 is 17.9 Å². The fourth-order valence-corrected chi connectivity index (χ4v) is 0.681. The maximum Gasteiger partial charge on any atom is 0.573 e. The lowest BCUT2D eigenvalue weighted by Crippen LogP contribution is -2.17. The first-order valence-electron chi connectivity index (χ1n) is 3.54. The van der Waals surface area contributed by atoms with Crippen molar-refractivity contribution in [1.29, 1.82) is 0 Å². The van der Waals surface area contributed by atoms with Gasteiger partial charge < -0.3 is 10.5 Å². The van der Waals surface area contributed by atoms with Crippen molar-refractivity contribution in [2.24, 2.45) is 10.7 Å². The summed E-state index contributed by atoms with van der Waals surface area (Å²) in [7, 11) is 0. The molecule has 0 aromatic rings. The standard InChI is InChI=1S/C7H11F3N2O/c1-3-6(5(2)12-4-11)13-7(8,9)10/h3H,4,11H2,1-2H3/b6-3+,12-5?. The van der Waals surface area contributed by atoms with Gasteiger partial charge in [0.1, 0.15) is 5.76 Å². The molecule has 0 unspecified atom stereocenters. The van der Waals surface area contributed by atoms with Crippen molar-refractivity contribution in [3.05, 3.63) is 11.8 Å². The number of hydrogen-bond donors (Lipinski definition) is 1. The molecule has 0 bridgehead atoms. The molecular weight excluding hydrogens is 185 g/mol. The molecule has 0 aromatic carbocycles. The first-order chi connectivity index (χ1) is 5.90. The number of rotatable bonds is 3. The smallest absolute Gasteiger partial charge is 0.404 e. The Morgan fingerprint density at radius 2 is 2.08 bits per heavy atom. The van der Waals surface area contributed by atoms with Gasteiger partial charge in [0.15, 0.2) is 0 Å². The fraction of sp³-hybridized carbons (Fsp3) is 0.571. The van der Waals surface area contributed by atoms with Gasteiger partial charge in [0, 0.05) is 0 Å². The van der Waals surface area contributed by atoms with Crippen LogP contribution in [0.2, 0.25) is 0 Å². The number of halogens is 3. The third kappa shape index (κ3) is 5.24. The summed E-state index contributed by atoms with van der Waals surface area (Å²) < 4.78 is 38.9. The Kier molecular flexibility index (Phi) is 4.47. The summed E-state index contributed by atoms with van der Waals surface area (Å²) in [5, 5.41) is 0. The SMILES string of the molecule is C/C=C(/OC(F)(F)F)C(C)=NCN. The minimum Gasteiger partial charge on any atom is -0.404 e. The van der Waals surface area contributed by atoms with Crippen LogP contribution in [0.3, 0.4) is 0 Å². The van der Waals surface area contributed by atoms with E-state index >= 15 is 0 Å². The van der Waals surface area contributed by atoms with Gasteiger partial charge in [-0.15, -0.1) is 13.2 Å². The second kappa shape index (κ2) is 4.86.